The molecule has 1 aromatic carbocycles. The molecule has 4 nitrogen and oxygen atoms in total. The van der Waals surface area contributed by atoms with Crippen LogP contribution in [0.4, 0.5) is 4.79 Å². The zero-order valence-corrected chi connectivity index (χ0v) is 14.8. The highest BCUT2D eigenvalue weighted by molar-refractivity contribution is 6.31. The van der Waals surface area contributed by atoms with E-state index in [0.717, 1.165) is 11.1 Å². The van der Waals surface area contributed by atoms with Gasteiger partial charge in [0, 0.05) is 11.4 Å². The van der Waals surface area contributed by atoms with Gasteiger partial charge in [0.15, 0.2) is 5.78 Å². The molecule has 1 rings (SSSR count). The van der Waals surface area contributed by atoms with Gasteiger partial charge in [-0.3, -0.25) is 4.79 Å². The fourth-order valence-corrected chi connectivity index (χ4v) is 1.97. The summed E-state index contributed by atoms with van der Waals surface area (Å²) in [7, 11) is 0. The van der Waals surface area contributed by atoms with Gasteiger partial charge in [-0.15, -0.1) is 0 Å². The van der Waals surface area contributed by atoms with Gasteiger partial charge in [-0.05, 0) is 58.7 Å². The first kappa shape index (κ1) is 18.5. The Morgan fingerprint density at radius 2 is 1.77 bits per heavy atom. The van der Waals surface area contributed by atoms with Crippen molar-refractivity contribution in [3.05, 3.63) is 34.3 Å². The fourth-order valence-electron chi connectivity index (χ4n) is 1.85. The minimum absolute atomic E-state index is 0.0971. The summed E-state index contributed by atoms with van der Waals surface area (Å²) in [5.74, 6) is -0.0971. The van der Waals surface area contributed by atoms with Crippen molar-refractivity contribution in [1.29, 1.82) is 0 Å². The summed E-state index contributed by atoms with van der Waals surface area (Å²) in [6.07, 6.45) is -0.376. The molecule has 0 spiro atoms. The van der Waals surface area contributed by atoms with Crippen LogP contribution in [0.5, 0.6) is 0 Å². The summed E-state index contributed by atoms with van der Waals surface area (Å²) in [6, 6.07) is 5.47. The maximum Gasteiger partial charge on any atom is 0.408 e. The predicted molar refractivity (Wildman–Crippen MR) is 88.3 cm³/mol. The average Bonchev–Trinajstić information content (AvgIpc) is 2.30. The Kier molecular flexibility index (Phi) is 5.63. The summed E-state index contributed by atoms with van der Waals surface area (Å²) in [4.78, 5) is 24.3. The number of carbonyl (C=O) groups is 2. The monoisotopic (exact) mass is 325 g/mol. The van der Waals surface area contributed by atoms with Crippen LogP contribution in [0.3, 0.4) is 0 Å². The Balaban J connectivity index is 2.73. The number of ether oxygens (including phenoxy) is 1. The number of rotatable bonds is 4. The molecule has 5 heteroatoms. The zero-order valence-electron chi connectivity index (χ0n) is 14.0. The number of amides is 1. The third-order valence-corrected chi connectivity index (χ3v) is 3.52. The molecular formula is C17H24ClNO3. The van der Waals surface area contributed by atoms with Gasteiger partial charge >= 0.3 is 6.09 Å². The Hall–Kier alpha value is -1.55. The highest BCUT2D eigenvalue weighted by Crippen LogP contribution is 2.18. The van der Waals surface area contributed by atoms with Crippen LogP contribution in [0.15, 0.2) is 18.2 Å². The number of alkyl carbamates (subject to hydrolysis) is 1. The minimum Gasteiger partial charge on any atom is -0.444 e. The number of aryl methyl sites for hydroxylation is 1. The first-order valence-corrected chi connectivity index (χ1v) is 7.58. The average molecular weight is 326 g/mol. The van der Waals surface area contributed by atoms with Crippen LogP contribution in [0.1, 0.15) is 45.7 Å². The van der Waals surface area contributed by atoms with Gasteiger partial charge in [0.2, 0.25) is 0 Å². The van der Waals surface area contributed by atoms with Crippen LogP contribution in [0.25, 0.3) is 0 Å². The number of ketones is 1. The third-order valence-electron chi connectivity index (χ3n) is 3.10. The molecule has 0 bridgehead atoms. The van der Waals surface area contributed by atoms with Gasteiger partial charge in [-0.2, -0.15) is 0 Å². The smallest absolute Gasteiger partial charge is 0.408 e. The number of hydrogen-bond donors (Lipinski definition) is 1. The molecule has 0 fully saturated rings. The van der Waals surface area contributed by atoms with Crippen LogP contribution in [0.2, 0.25) is 5.02 Å². The molecule has 0 heterocycles. The van der Waals surface area contributed by atoms with E-state index in [1.165, 1.54) is 0 Å². The van der Waals surface area contributed by atoms with Crippen molar-refractivity contribution in [2.24, 2.45) is 0 Å². The summed E-state index contributed by atoms with van der Waals surface area (Å²) in [5.41, 5.74) is 0.183. The lowest BCUT2D eigenvalue weighted by molar-refractivity contribution is -0.123. The number of nitrogens with one attached hydrogen (secondary N) is 1. The molecule has 0 atom stereocenters. The van der Waals surface area contributed by atoms with Gasteiger partial charge in [-0.25, -0.2) is 4.79 Å². The van der Waals surface area contributed by atoms with Gasteiger partial charge in [0.25, 0.3) is 0 Å². The van der Waals surface area contributed by atoms with E-state index >= 15 is 0 Å². The summed E-state index contributed by atoms with van der Waals surface area (Å²) < 4.78 is 5.19. The van der Waals surface area contributed by atoms with Crippen LogP contribution >= 0.6 is 11.6 Å². The van der Waals surface area contributed by atoms with Gasteiger partial charge in [0.1, 0.15) is 5.60 Å². The van der Waals surface area contributed by atoms with Gasteiger partial charge < -0.3 is 10.1 Å². The van der Waals surface area contributed by atoms with Crippen LogP contribution in [0, 0.1) is 6.92 Å². The van der Waals surface area contributed by atoms with Gasteiger partial charge in [-0.1, -0.05) is 23.7 Å². The molecule has 1 amide bonds. The van der Waals surface area contributed by atoms with E-state index in [9.17, 15) is 9.59 Å². The third kappa shape index (κ3) is 5.68. The fraction of sp³-hybridized carbons (Fsp3) is 0.529. The second kappa shape index (κ2) is 6.69. The lowest BCUT2D eigenvalue weighted by Gasteiger charge is -2.27. The van der Waals surface area contributed by atoms with E-state index in [0.29, 0.717) is 5.02 Å². The lowest BCUT2D eigenvalue weighted by Crippen LogP contribution is -2.51. The molecule has 1 N–H and O–H groups in total. The van der Waals surface area contributed by atoms with Crippen molar-refractivity contribution in [2.75, 3.05) is 0 Å². The van der Waals surface area contributed by atoms with E-state index < -0.39 is 17.2 Å². The topological polar surface area (TPSA) is 55.4 Å². The van der Waals surface area contributed by atoms with Crippen LogP contribution in [-0.2, 0) is 16.0 Å². The zero-order chi connectivity index (χ0) is 17.1. The number of hydrogen-bond acceptors (Lipinski definition) is 3. The summed E-state index contributed by atoms with van der Waals surface area (Å²) in [5, 5.41) is 3.29. The Labute approximate surface area is 137 Å². The van der Waals surface area contributed by atoms with Crippen molar-refractivity contribution >= 4 is 23.5 Å². The maximum absolute atomic E-state index is 12.4. The molecule has 0 aliphatic carbocycles. The molecular weight excluding hydrogens is 302 g/mol. The molecule has 0 aromatic heterocycles. The Morgan fingerprint density at radius 1 is 1.18 bits per heavy atom. The van der Waals surface area contributed by atoms with Crippen LogP contribution < -0.4 is 5.32 Å². The SMILES string of the molecule is Cc1cc(CC(=O)C(C)(C)NC(=O)OC(C)(C)C)ccc1Cl. The number of carbonyl (C=O) groups excluding carboxylic acids is 2. The highest BCUT2D eigenvalue weighted by Gasteiger charge is 2.31. The highest BCUT2D eigenvalue weighted by atomic mass is 35.5. The Morgan fingerprint density at radius 3 is 2.27 bits per heavy atom. The number of halogens is 1. The molecule has 0 radical (unpaired) electrons. The predicted octanol–water partition coefficient (Wildman–Crippen LogP) is 4.06. The van der Waals surface area contributed by atoms with E-state index in [4.69, 9.17) is 16.3 Å². The van der Waals surface area contributed by atoms with Crippen molar-refractivity contribution in [3.8, 4) is 0 Å². The molecule has 0 aliphatic rings. The molecule has 0 saturated carbocycles. The molecule has 0 unspecified atom stereocenters. The first-order valence-electron chi connectivity index (χ1n) is 7.20. The number of Topliss-reactive ketones (excluding diaryl/α,β-unsaturated/α-hetero) is 1. The molecule has 122 valence electrons. The van der Waals surface area contributed by atoms with Crippen LogP contribution in [-0.4, -0.2) is 23.0 Å². The summed E-state index contributed by atoms with van der Waals surface area (Å²) >= 11 is 5.98. The number of benzene rings is 1. The second-order valence-electron chi connectivity index (χ2n) is 6.94. The minimum atomic E-state index is -1.00. The van der Waals surface area contributed by atoms with Crippen molar-refractivity contribution < 1.29 is 14.3 Å². The van der Waals surface area contributed by atoms with E-state index in [1.54, 1.807) is 40.7 Å². The quantitative estimate of drug-likeness (QED) is 0.908. The standard InChI is InChI=1S/C17H24ClNO3/c1-11-9-12(7-8-13(11)18)10-14(20)17(5,6)19-15(21)22-16(2,3)4/h7-9H,10H2,1-6H3,(H,19,21). The first-order chi connectivity index (χ1) is 9.90. The van der Waals surface area contributed by atoms with E-state index in [2.05, 4.69) is 5.32 Å². The molecule has 0 aliphatic heterocycles. The summed E-state index contributed by atoms with van der Waals surface area (Å²) in [6.45, 7) is 10.6. The molecule has 0 saturated heterocycles. The van der Waals surface area contributed by atoms with E-state index in [1.807, 2.05) is 19.1 Å². The normalized spacial score (nSPS) is 12.0. The van der Waals surface area contributed by atoms with Crippen molar-refractivity contribution in [1.82, 2.24) is 5.32 Å². The largest absolute Gasteiger partial charge is 0.444 e. The van der Waals surface area contributed by atoms with Gasteiger partial charge in [0.05, 0.1) is 5.54 Å². The molecule has 22 heavy (non-hydrogen) atoms. The van der Waals surface area contributed by atoms with Crippen molar-refractivity contribution in [3.63, 3.8) is 0 Å². The lowest BCUT2D eigenvalue weighted by atomic mass is 9.93. The maximum atomic E-state index is 12.4. The van der Waals surface area contributed by atoms with Crippen molar-refractivity contribution in [2.45, 2.75) is 59.1 Å². The molecule has 1 aromatic rings. The second-order valence-corrected chi connectivity index (χ2v) is 7.34. The van der Waals surface area contributed by atoms with E-state index in [-0.39, 0.29) is 12.2 Å². The Bertz CT molecular complexity index is 574.